The molecule has 0 fully saturated rings. The third-order valence-corrected chi connectivity index (χ3v) is 4.86. The van der Waals surface area contributed by atoms with Gasteiger partial charge in [-0.05, 0) is 23.6 Å². The van der Waals surface area contributed by atoms with E-state index in [0.29, 0.717) is 30.0 Å². The zero-order valence-corrected chi connectivity index (χ0v) is 15.4. The van der Waals surface area contributed by atoms with Crippen molar-refractivity contribution in [3.8, 4) is 11.5 Å². The van der Waals surface area contributed by atoms with E-state index in [4.69, 9.17) is 9.47 Å². The monoisotopic (exact) mass is 389 g/mol. The summed E-state index contributed by atoms with van der Waals surface area (Å²) in [5.41, 5.74) is 2.44. The molecule has 2 heterocycles. The van der Waals surface area contributed by atoms with Crippen molar-refractivity contribution in [2.24, 2.45) is 0 Å². The van der Waals surface area contributed by atoms with Crippen LogP contribution in [0.5, 0.6) is 11.5 Å². The molecule has 0 atom stereocenters. The predicted molar refractivity (Wildman–Crippen MR) is 98.8 cm³/mol. The van der Waals surface area contributed by atoms with Gasteiger partial charge in [0.05, 0.1) is 19.7 Å². The fourth-order valence-corrected chi connectivity index (χ4v) is 3.48. The lowest BCUT2D eigenvalue weighted by Crippen LogP contribution is -2.32. The van der Waals surface area contributed by atoms with Crippen molar-refractivity contribution in [2.45, 2.75) is 19.1 Å². The molecule has 1 aliphatic heterocycles. The van der Waals surface area contributed by atoms with Crippen molar-refractivity contribution >= 4 is 16.7 Å². The molecule has 0 saturated carbocycles. The molecule has 2 aromatic carbocycles. The van der Waals surface area contributed by atoms with Crippen LogP contribution in [0.1, 0.15) is 17.0 Å². The Morgan fingerprint density at radius 3 is 2.32 bits per heavy atom. The van der Waals surface area contributed by atoms with Crippen LogP contribution in [0.4, 0.5) is 19.0 Å². The van der Waals surface area contributed by atoms with E-state index < -0.39 is 12.0 Å². The lowest BCUT2D eigenvalue weighted by Gasteiger charge is -2.31. The fourth-order valence-electron chi connectivity index (χ4n) is 3.48. The number of halogens is 3. The molecule has 0 bridgehead atoms. The third-order valence-electron chi connectivity index (χ3n) is 4.86. The molecular formula is C20H18F3N3O2. The van der Waals surface area contributed by atoms with Gasteiger partial charge in [0.25, 0.3) is 0 Å². The molecule has 1 aliphatic rings. The summed E-state index contributed by atoms with van der Waals surface area (Å²) in [6.45, 7) is 1.04. The van der Waals surface area contributed by atoms with Crippen LogP contribution in [0.25, 0.3) is 10.9 Å². The quantitative estimate of drug-likeness (QED) is 0.671. The highest BCUT2D eigenvalue weighted by molar-refractivity contribution is 5.92. The Hall–Kier alpha value is -3.03. The van der Waals surface area contributed by atoms with Gasteiger partial charge in [0, 0.05) is 24.5 Å². The van der Waals surface area contributed by atoms with Crippen LogP contribution in [-0.2, 0) is 19.1 Å². The smallest absolute Gasteiger partial charge is 0.451 e. The maximum atomic E-state index is 13.4. The van der Waals surface area contributed by atoms with Gasteiger partial charge in [0.15, 0.2) is 11.5 Å². The molecule has 4 rings (SSSR count). The number of benzene rings is 2. The summed E-state index contributed by atoms with van der Waals surface area (Å²) in [6, 6.07) is 11.0. The number of fused-ring (bicyclic) bond motifs is 2. The Bertz CT molecular complexity index is 1040. The maximum Gasteiger partial charge on any atom is 0.451 e. The van der Waals surface area contributed by atoms with Crippen molar-refractivity contribution in [3.63, 3.8) is 0 Å². The second-order valence-corrected chi connectivity index (χ2v) is 6.53. The molecule has 0 radical (unpaired) electrons. The largest absolute Gasteiger partial charge is 0.493 e. The molecule has 28 heavy (non-hydrogen) atoms. The maximum absolute atomic E-state index is 13.4. The highest BCUT2D eigenvalue weighted by Crippen LogP contribution is 2.38. The van der Waals surface area contributed by atoms with E-state index >= 15 is 0 Å². The van der Waals surface area contributed by atoms with Gasteiger partial charge in [-0.1, -0.05) is 24.3 Å². The summed E-state index contributed by atoms with van der Waals surface area (Å²) in [7, 11) is 2.91. The normalized spacial score (nSPS) is 14.1. The van der Waals surface area contributed by atoms with Crippen molar-refractivity contribution < 1.29 is 22.6 Å². The van der Waals surface area contributed by atoms with Crippen LogP contribution >= 0.6 is 0 Å². The van der Waals surface area contributed by atoms with Gasteiger partial charge in [-0.25, -0.2) is 9.97 Å². The molecule has 0 saturated heterocycles. The van der Waals surface area contributed by atoms with Crippen LogP contribution in [-0.4, -0.2) is 30.7 Å². The van der Waals surface area contributed by atoms with Gasteiger partial charge in [-0.2, -0.15) is 13.2 Å². The van der Waals surface area contributed by atoms with E-state index in [1.165, 1.54) is 25.8 Å². The molecule has 146 valence electrons. The number of nitrogens with zero attached hydrogens (tertiary/aromatic N) is 3. The number of aromatic nitrogens is 2. The Balaban J connectivity index is 1.90. The molecule has 8 heteroatoms. The van der Waals surface area contributed by atoms with Crippen molar-refractivity contribution in [3.05, 3.63) is 53.3 Å². The topological polar surface area (TPSA) is 47.5 Å². The Morgan fingerprint density at radius 2 is 1.64 bits per heavy atom. The highest BCUT2D eigenvalue weighted by atomic mass is 19.4. The molecule has 5 nitrogen and oxygen atoms in total. The number of alkyl halides is 3. The molecular weight excluding hydrogens is 371 g/mol. The number of hydrogen-bond donors (Lipinski definition) is 0. The van der Waals surface area contributed by atoms with Crippen LogP contribution in [0.3, 0.4) is 0 Å². The molecule has 0 amide bonds. The standard InChI is InChI=1S/C20H18F3N3O2/c1-27-16-9-14-15(10-17(16)28-2)24-19(20(21,22)23)25-18(14)26-8-7-12-5-3-4-6-13(12)11-26/h3-6,9-10H,7-8,11H2,1-2H3. The van der Waals surface area contributed by atoms with Crippen molar-refractivity contribution in [2.75, 3.05) is 25.7 Å². The number of methoxy groups -OCH3 is 2. The van der Waals surface area contributed by atoms with Crippen LogP contribution in [0.2, 0.25) is 0 Å². The minimum atomic E-state index is -4.65. The van der Waals surface area contributed by atoms with E-state index in [9.17, 15) is 13.2 Å². The van der Waals surface area contributed by atoms with Crippen LogP contribution in [0, 0.1) is 0 Å². The summed E-state index contributed by atoms with van der Waals surface area (Å²) >= 11 is 0. The first-order valence-corrected chi connectivity index (χ1v) is 8.73. The highest BCUT2D eigenvalue weighted by Gasteiger charge is 2.36. The molecule has 0 N–H and O–H groups in total. The third kappa shape index (κ3) is 3.19. The zero-order chi connectivity index (χ0) is 19.9. The minimum Gasteiger partial charge on any atom is -0.493 e. The Kier molecular flexibility index (Phi) is 4.49. The number of rotatable bonds is 3. The second-order valence-electron chi connectivity index (χ2n) is 6.53. The number of anilines is 1. The average molecular weight is 389 g/mol. The van der Waals surface area contributed by atoms with Gasteiger partial charge in [0.2, 0.25) is 5.82 Å². The lowest BCUT2D eigenvalue weighted by atomic mass is 9.99. The SMILES string of the molecule is COc1cc2nc(C(F)(F)F)nc(N3CCc4ccccc4C3)c2cc1OC. The lowest BCUT2D eigenvalue weighted by molar-refractivity contribution is -0.144. The van der Waals surface area contributed by atoms with Crippen molar-refractivity contribution in [1.82, 2.24) is 9.97 Å². The molecule has 3 aromatic rings. The summed E-state index contributed by atoms with van der Waals surface area (Å²) < 4.78 is 50.8. The van der Waals surface area contributed by atoms with Gasteiger partial charge in [-0.3, -0.25) is 0 Å². The molecule has 0 aliphatic carbocycles. The first kappa shape index (κ1) is 18.3. The van der Waals surface area contributed by atoms with Crippen LogP contribution < -0.4 is 14.4 Å². The van der Waals surface area contributed by atoms with E-state index in [-0.39, 0.29) is 11.3 Å². The predicted octanol–water partition coefficient (Wildman–Crippen LogP) is 4.23. The Labute approximate surface area is 159 Å². The molecule has 0 unspecified atom stereocenters. The fraction of sp³-hybridized carbons (Fsp3) is 0.300. The summed E-state index contributed by atoms with van der Waals surface area (Å²) in [5, 5.41) is 0.491. The average Bonchev–Trinajstić information content (AvgIpc) is 2.70. The Morgan fingerprint density at radius 1 is 0.964 bits per heavy atom. The molecule has 1 aromatic heterocycles. The first-order chi connectivity index (χ1) is 13.4. The van der Waals surface area contributed by atoms with E-state index in [1.807, 2.05) is 29.2 Å². The van der Waals surface area contributed by atoms with E-state index in [1.54, 1.807) is 6.07 Å². The first-order valence-electron chi connectivity index (χ1n) is 8.73. The second kappa shape index (κ2) is 6.85. The van der Waals surface area contributed by atoms with Gasteiger partial charge < -0.3 is 14.4 Å². The van der Waals surface area contributed by atoms with E-state index in [0.717, 1.165) is 12.0 Å². The number of hydrogen-bond acceptors (Lipinski definition) is 5. The van der Waals surface area contributed by atoms with Gasteiger partial charge in [-0.15, -0.1) is 0 Å². The van der Waals surface area contributed by atoms with E-state index in [2.05, 4.69) is 9.97 Å². The van der Waals surface area contributed by atoms with Gasteiger partial charge >= 0.3 is 6.18 Å². The number of ether oxygens (including phenoxy) is 2. The minimum absolute atomic E-state index is 0.161. The summed E-state index contributed by atoms with van der Waals surface area (Å²) in [4.78, 5) is 9.48. The summed E-state index contributed by atoms with van der Waals surface area (Å²) in [6.07, 6.45) is -3.92. The summed E-state index contributed by atoms with van der Waals surface area (Å²) in [5.74, 6) is -0.192. The molecule has 0 spiro atoms. The van der Waals surface area contributed by atoms with Crippen LogP contribution in [0.15, 0.2) is 36.4 Å². The van der Waals surface area contributed by atoms with Gasteiger partial charge in [0.1, 0.15) is 5.82 Å². The zero-order valence-electron chi connectivity index (χ0n) is 15.4. The van der Waals surface area contributed by atoms with Crippen molar-refractivity contribution in [1.29, 1.82) is 0 Å².